The van der Waals surface area contributed by atoms with E-state index in [9.17, 15) is 4.79 Å². The second-order valence-electron chi connectivity index (χ2n) is 6.88. The lowest BCUT2D eigenvalue weighted by Gasteiger charge is -2.32. The second kappa shape index (κ2) is 6.95. The van der Waals surface area contributed by atoms with Crippen LogP contribution in [0.25, 0.3) is 6.08 Å². The minimum Gasteiger partial charge on any atom is -0.495 e. The Kier molecular flexibility index (Phi) is 5.35. The molecule has 0 aliphatic carbocycles. The summed E-state index contributed by atoms with van der Waals surface area (Å²) < 4.78 is 17.4. The van der Waals surface area contributed by atoms with E-state index in [2.05, 4.69) is 10.3 Å². The molecular weight excluding hydrogens is 307 g/mol. The van der Waals surface area contributed by atoms with Gasteiger partial charge in [-0.05, 0) is 44.8 Å². The lowest BCUT2D eigenvalue weighted by Crippen LogP contribution is -2.41. The quantitative estimate of drug-likeness (QED) is 0.838. The van der Waals surface area contributed by atoms with Crippen LogP contribution in [0.3, 0.4) is 0 Å². The van der Waals surface area contributed by atoms with Crippen molar-refractivity contribution >= 4 is 19.1 Å². The molecule has 0 unspecified atom stereocenters. The molecule has 1 amide bonds. The van der Waals surface area contributed by atoms with Crippen LogP contribution in [0.1, 0.15) is 40.2 Å². The highest BCUT2D eigenvalue weighted by molar-refractivity contribution is 6.56. The molecule has 130 valence electrons. The number of aromatic nitrogens is 1. The van der Waals surface area contributed by atoms with E-state index in [4.69, 9.17) is 14.0 Å². The molecule has 24 heavy (non-hydrogen) atoms. The summed E-state index contributed by atoms with van der Waals surface area (Å²) in [5, 5.41) is 2.81. The molecule has 1 aliphatic rings. The van der Waals surface area contributed by atoms with E-state index in [-0.39, 0.29) is 5.91 Å². The van der Waals surface area contributed by atoms with Crippen LogP contribution in [0.4, 0.5) is 0 Å². The van der Waals surface area contributed by atoms with E-state index in [0.29, 0.717) is 12.3 Å². The summed E-state index contributed by atoms with van der Waals surface area (Å²) in [4.78, 5) is 15.5. The van der Waals surface area contributed by atoms with Gasteiger partial charge in [0.05, 0.1) is 24.5 Å². The fourth-order valence-electron chi connectivity index (χ4n) is 2.26. The maximum atomic E-state index is 11.3. The second-order valence-corrected chi connectivity index (χ2v) is 6.88. The molecule has 1 aromatic rings. The minimum atomic E-state index is -0.534. The summed E-state index contributed by atoms with van der Waals surface area (Å²) in [5.41, 5.74) is 0.780. The topological polar surface area (TPSA) is 69.7 Å². The fourth-order valence-corrected chi connectivity index (χ4v) is 2.26. The number of ether oxygens (including phenoxy) is 1. The lowest BCUT2D eigenvalue weighted by molar-refractivity contribution is -0.118. The summed E-state index contributed by atoms with van der Waals surface area (Å²) in [6, 6.07) is 1.87. The summed E-state index contributed by atoms with van der Waals surface area (Å²) in [5.74, 6) is 0.553. The van der Waals surface area contributed by atoms with Crippen molar-refractivity contribution in [2.24, 2.45) is 0 Å². The third-order valence-electron chi connectivity index (χ3n) is 4.42. The van der Waals surface area contributed by atoms with Gasteiger partial charge in [0, 0.05) is 19.7 Å². The van der Waals surface area contributed by atoms with Crippen molar-refractivity contribution in [3.8, 4) is 5.75 Å². The lowest BCUT2D eigenvalue weighted by atomic mass is 9.77. The summed E-state index contributed by atoms with van der Waals surface area (Å²) in [7, 11) is 1.06. The number of hydrogen-bond donors (Lipinski definition) is 1. The summed E-state index contributed by atoms with van der Waals surface area (Å²) in [6.45, 7) is 9.80. The summed E-state index contributed by atoms with van der Waals surface area (Å²) >= 11 is 0. The number of amides is 1. The number of carbonyl (C=O) groups is 1. The Balaban J connectivity index is 2.31. The van der Waals surface area contributed by atoms with Gasteiger partial charge < -0.3 is 19.4 Å². The first-order valence-electron chi connectivity index (χ1n) is 7.94. The highest BCUT2D eigenvalue weighted by Gasteiger charge is 2.52. The van der Waals surface area contributed by atoms with Gasteiger partial charge >= 0.3 is 7.12 Å². The molecule has 0 spiro atoms. The van der Waals surface area contributed by atoms with E-state index < -0.39 is 18.3 Å². The van der Waals surface area contributed by atoms with E-state index in [1.54, 1.807) is 19.5 Å². The monoisotopic (exact) mass is 332 g/mol. The molecule has 1 N–H and O–H groups in total. The molecule has 0 saturated carbocycles. The Hall–Kier alpha value is -1.86. The first kappa shape index (κ1) is 18.5. The maximum Gasteiger partial charge on any atom is 0.492 e. The predicted molar refractivity (Wildman–Crippen MR) is 93.5 cm³/mol. The number of methoxy groups -OCH3 is 1. The van der Waals surface area contributed by atoms with Gasteiger partial charge in [0.15, 0.2) is 0 Å². The van der Waals surface area contributed by atoms with E-state index >= 15 is 0 Å². The number of nitrogens with zero attached hydrogens (tertiary/aromatic N) is 1. The highest BCUT2D eigenvalue weighted by atomic mass is 16.7. The standard InChI is InChI=1S/C17H25BN2O4/c1-12(21)20-10-14(7-13-8-15(22-6)11-19-9-13)18-23-16(2,3)17(4,5)24-18/h7-9,11H,10H2,1-6H3,(H,20,21). The first-order chi connectivity index (χ1) is 11.1. The molecular formula is C17H25BN2O4. The van der Waals surface area contributed by atoms with Gasteiger partial charge in [0.1, 0.15) is 5.75 Å². The highest BCUT2D eigenvalue weighted by Crippen LogP contribution is 2.38. The third-order valence-corrected chi connectivity index (χ3v) is 4.42. The van der Waals surface area contributed by atoms with Crippen molar-refractivity contribution in [1.29, 1.82) is 0 Å². The van der Waals surface area contributed by atoms with E-state index in [1.165, 1.54) is 6.92 Å². The van der Waals surface area contributed by atoms with Crippen molar-refractivity contribution < 1.29 is 18.8 Å². The average molecular weight is 332 g/mol. The van der Waals surface area contributed by atoms with Gasteiger partial charge in [0.2, 0.25) is 5.91 Å². The minimum absolute atomic E-state index is 0.110. The molecule has 2 heterocycles. The van der Waals surface area contributed by atoms with Crippen LogP contribution >= 0.6 is 0 Å². The molecule has 6 nitrogen and oxygen atoms in total. The Morgan fingerprint density at radius 1 is 1.29 bits per heavy atom. The Labute approximate surface area is 143 Å². The first-order valence-corrected chi connectivity index (χ1v) is 7.94. The average Bonchev–Trinajstić information content (AvgIpc) is 2.71. The molecule has 0 aromatic carbocycles. The Morgan fingerprint density at radius 3 is 2.46 bits per heavy atom. The van der Waals surface area contributed by atoms with E-state index in [0.717, 1.165) is 11.0 Å². The van der Waals surface area contributed by atoms with Crippen LogP contribution < -0.4 is 10.1 Å². The van der Waals surface area contributed by atoms with Crippen LogP contribution in [0.15, 0.2) is 23.9 Å². The van der Waals surface area contributed by atoms with Crippen LogP contribution in [-0.4, -0.2) is 42.9 Å². The zero-order valence-corrected chi connectivity index (χ0v) is 15.2. The Morgan fingerprint density at radius 2 is 1.92 bits per heavy atom. The van der Waals surface area contributed by atoms with Gasteiger partial charge in [-0.3, -0.25) is 9.78 Å². The van der Waals surface area contributed by atoms with Gasteiger partial charge in [-0.2, -0.15) is 0 Å². The number of carbonyl (C=O) groups excluding carboxylic acids is 1. The van der Waals surface area contributed by atoms with Crippen LogP contribution in [0.2, 0.25) is 0 Å². The van der Waals surface area contributed by atoms with Crippen molar-refractivity contribution in [1.82, 2.24) is 10.3 Å². The molecule has 0 bridgehead atoms. The van der Waals surface area contributed by atoms with Gasteiger partial charge in [-0.25, -0.2) is 0 Å². The molecule has 1 fully saturated rings. The normalized spacial score (nSPS) is 19.2. The number of pyridine rings is 1. The zero-order chi connectivity index (χ0) is 18.0. The van der Waals surface area contributed by atoms with Gasteiger partial charge in [0.25, 0.3) is 0 Å². The van der Waals surface area contributed by atoms with Crippen molar-refractivity contribution in [3.63, 3.8) is 0 Å². The molecule has 2 rings (SSSR count). The predicted octanol–water partition coefficient (Wildman–Crippen LogP) is 2.24. The molecule has 1 aliphatic heterocycles. The smallest absolute Gasteiger partial charge is 0.492 e. The number of nitrogens with one attached hydrogen (secondary N) is 1. The SMILES string of the molecule is COc1cncc(C=C(CNC(C)=O)B2OC(C)(C)C(C)(C)O2)c1. The number of hydrogen-bond acceptors (Lipinski definition) is 5. The largest absolute Gasteiger partial charge is 0.495 e. The fraction of sp³-hybridized carbons (Fsp3) is 0.529. The Bertz CT molecular complexity index is 627. The van der Waals surface area contributed by atoms with Crippen LogP contribution in [-0.2, 0) is 14.1 Å². The molecule has 0 atom stereocenters. The van der Waals surface area contributed by atoms with Crippen molar-refractivity contribution in [2.75, 3.05) is 13.7 Å². The van der Waals surface area contributed by atoms with Gasteiger partial charge in [-0.1, -0.05) is 6.08 Å². The van der Waals surface area contributed by atoms with E-state index in [1.807, 2.05) is 39.8 Å². The maximum absolute atomic E-state index is 11.3. The third kappa shape index (κ3) is 4.16. The number of rotatable bonds is 5. The van der Waals surface area contributed by atoms with Crippen molar-refractivity contribution in [2.45, 2.75) is 45.8 Å². The summed E-state index contributed by atoms with van der Waals surface area (Å²) in [6.07, 6.45) is 5.27. The van der Waals surface area contributed by atoms with Crippen LogP contribution in [0.5, 0.6) is 5.75 Å². The molecule has 1 aromatic heterocycles. The van der Waals surface area contributed by atoms with Gasteiger partial charge in [-0.15, -0.1) is 0 Å². The molecule has 1 saturated heterocycles. The molecule has 0 radical (unpaired) electrons. The van der Waals surface area contributed by atoms with Crippen LogP contribution in [0, 0.1) is 0 Å². The zero-order valence-electron chi connectivity index (χ0n) is 15.2. The molecule has 7 heteroatoms. The van der Waals surface area contributed by atoms with Crippen molar-refractivity contribution in [3.05, 3.63) is 29.5 Å².